The Labute approximate surface area is 383 Å². The van der Waals surface area contributed by atoms with Crippen molar-refractivity contribution in [1.82, 2.24) is 19.8 Å². The van der Waals surface area contributed by atoms with E-state index in [-0.39, 0.29) is 48.7 Å². The first-order valence-corrected chi connectivity index (χ1v) is 21.6. The minimum Gasteiger partial charge on any atom is -0.490 e. The molecule has 3 aromatic carbocycles. The number of anilines is 2. The highest BCUT2D eigenvalue weighted by molar-refractivity contribution is 7.74. The normalized spacial score (nSPS) is 14.3. The first-order valence-electron chi connectivity index (χ1n) is 20.8. The van der Waals surface area contributed by atoms with E-state index in [4.69, 9.17) is 21.1 Å². The maximum Gasteiger partial charge on any atom is 0.321 e. The average Bonchev–Trinajstić information content (AvgIpc) is 3.25. The second-order valence-electron chi connectivity index (χ2n) is 16.4. The Morgan fingerprint density at radius 3 is 2.41 bits per heavy atom. The number of urea groups is 1. The van der Waals surface area contributed by atoms with Crippen LogP contribution < -0.4 is 20.2 Å². The Bertz CT molecular complexity index is 2390. The van der Waals surface area contributed by atoms with Gasteiger partial charge in [-0.15, -0.1) is 0 Å². The number of aryl methyl sites for hydroxylation is 1. The number of ketones is 2. The fourth-order valence-electron chi connectivity index (χ4n) is 7.30. The fourth-order valence-corrected chi connectivity index (χ4v) is 7.66. The molecule has 0 saturated carbocycles. The van der Waals surface area contributed by atoms with E-state index in [1.807, 2.05) is 44.2 Å². The number of hydroxylamine groups is 1. The van der Waals surface area contributed by atoms with Gasteiger partial charge in [0.15, 0.2) is 11.5 Å². The van der Waals surface area contributed by atoms with Gasteiger partial charge in [-0.05, 0) is 108 Å². The van der Waals surface area contributed by atoms with Crippen LogP contribution in [0, 0.1) is 24.2 Å². The number of halogens is 1. The van der Waals surface area contributed by atoms with E-state index in [1.54, 1.807) is 49.2 Å². The lowest BCUT2D eigenvalue weighted by Gasteiger charge is -2.32. The molecule has 4 aromatic rings. The second-order valence-corrected chi connectivity index (χ2v) is 17.5. The molecular formula is C46H54ClN8O8S+. The maximum atomic E-state index is 13.4. The summed E-state index contributed by atoms with van der Waals surface area (Å²) >= 11 is 10.8. The maximum absolute atomic E-state index is 13.4. The van der Waals surface area contributed by atoms with Gasteiger partial charge in [-0.3, -0.25) is 24.1 Å². The van der Waals surface area contributed by atoms with Gasteiger partial charge in [-0.1, -0.05) is 44.5 Å². The number of quaternary nitrogens is 1. The number of Topliss-reactive ketones (excluding diaryl/α,β-unsaturated/α-hetero) is 2. The Kier molecular flexibility index (Phi) is 16.5. The Balaban J connectivity index is 1.13. The molecule has 0 bridgehead atoms. The molecule has 1 aliphatic heterocycles. The molecule has 1 aromatic heterocycles. The summed E-state index contributed by atoms with van der Waals surface area (Å²) < 4.78 is 11.3. The van der Waals surface area contributed by atoms with E-state index in [2.05, 4.69) is 39.6 Å². The van der Waals surface area contributed by atoms with E-state index in [0.29, 0.717) is 84.4 Å². The number of likely N-dealkylation sites (tertiary alicyclic amines) is 1. The number of thiol groups is 1. The Morgan fingerprint density at radius 1 is 1.09 bits per heavy atom. The molecule has 0 radical (unpaired) electrons. The summed E-state index contributed by atoms with van der Waals surface area (Å²) in [4.78, 5) is 73.8. The molecule has 16 nitrogen and oxygen atoms in total. The third-order valence-corrected chi connectivity index (χ3v) is 11.6. The number of nitrogens with zero attached hydrogens (tertiary/aromatic N) is 6. The first-order chi connectivity index (χ1) is 30.3. The van der Waals surface area contributed by atoms with Gasteiger partial charge in [0.25, 0.3) is 11.9 Å². The number of carbonyl (C=O) groups is 5. The van der Waals surface area contributed by atoms with E-state index in [0.717, 1.165) is 16.0 Å². The first kappa shape index (κ1) is 49.0. The van der Waals surface area contributed by atoms with Crippen molar-refractivity contribution in [3.8, 4) is 17.6 Å². The zero-order valence-electron chi connectivity index (χ0n) is 36.8. The molecule has 2 atom stereocenters. The van der Waals surface area contributed by atoms with Gasteiger partial charge in [0.05, 0.1) is 28.9 Å². The third-order valence-electron chi connectivity index (χ3n) is 11.2. The number of ether oxygens (including phenoxy) is 2. The summed E-state index contributed by atoms with van der Waals surface area (Å²) in [7, 11) is 1.40. The molecule has 1 fully saturated rings. The minimum atomic E-state index is -1.06. The van der Waals surface area contributed by atoms with E-state index >= 15 is 0 Å². The van der Waals surface area contributed by atoms with Crippen LogP contribution in [0.3, 0.4) is 0 Å². The van der Waals surface area contributed by atoms with Crippen molar-refractivity contribution >= 4 is 66.0 Å². The summed E-state index contributed by atoms with van der Waals surface area (Å²) in [6.45, 7) is 10.2. The van der Waals surface area contributed by atoms with Crippen molar-refractivity contribution in [2.45, 2.75) is 84.8 Å². The van der Waals surface area contributed by atoms with Crippen LogP contribution in [0.4, 0.5) is 16.4 Å². The van der Waals surface area contributed by atoms with Crippen molar-refractivity contribution in [3.05, 3.63) is 105 Å². The Hall–Kier alpha value is -6.06. The quantitative estimate of drug-likeness (QED) is 0.0307. The van der Waals surface area contributed by atoms with E-state index in [9.17, 15) is 34.4 Å². The number of nitrogens with one attached hydrogen (secondary N) is 2. The topological polar surface area (TPSA) is 204 Å². The lowest BCUT2D eigenvalue weighted by molar-refractivity contribution is -0.955. The number of rotatable bonds is 19. The summed E-state index contributed by atoms with van der Waals surface area (Å²) in [5.41, 5.74) is 5.94. The summed E-state index contributed by atoms with van der Waals surface area (Å²) in [6, 6.07) is 18.5. The van der Waals surface area contributed by atoms with Crippen molar-refractivity contribution in [1.29, 1.82) is 5.26 Å². The van der Waals surface area contributed by atoms with Gasteiger partial charge in [0.1, 0.15) is 44.1 Å². The van der Waals surface area contributed by atoms with Crippen LogP contribution in [-0.2, 0) is 26.4 Å². The number of nitriles is 1. The van der Waals surface area contributed by atoms with Gasteiger partial charge in [0, 0.05) is 48.8 Å². The molecule has 1 saturated heterocycles. The van der Waals surface area contributed by atoms with Gasteiger partial charge in [-0.2, -0.15) is 15.9 Å². The van der Waals surface area contributed by atoms with Crippen LogP contribution in [0.25, 0.3) is 0 Å². The monoisotopic (exact) mass is 913 g/mol. The van der Waals surface area contributed by atoms with Crippen LogP contribution in [0.2, 0.25) is 5.02 Å². The van der Waals surface area contributed by atoms with Crippen LogP contribution in [0.1, 0.15) is 98.1 Å². The van der Waals surface area contributed by atoms with Gasteiger partial charge < -0.3 is 19.7 Å². The number of aromatic nitrogens is 2. The van der Waals surface area contributed by atoms with Gasteiger partial charge in [0.2, 0.25) is 6.41 Å². The number of benzene rings is 3. The number of carbonyl (C=O) groups excluding carboxylic acids is 5. The third kappa shape index (κ3) is 12.8. The molecular weight excluding hydrogens is 860 g/mol. The molecule has 0 aliphatic carbocycles. The standard InChI is InChI=1S/C46H53ClN8O8S/c1-7-37(58)11-15-41(30(3)57)54(28-56)43(59)39-14-10-35(22-29(39)2)51-45(60)53-20-17-31(18-21-53)26-63-42-32(25-48)23-34(24-40(42)47)46(4,5)33-8-12-38(13-9-33)62-27-36-16-19-49-44(50-36)52-55(6,61)64/h8-10,12-14,16,19,22-24,28,31,41,61,64H,7,11,15,17-18,20-21,26-27H2,1-6H3,(H-,49,50,51,52,59,60)/p+1. The lowest BCUT2D eigenvalue weighted by Crippen LogP contribution is -2.44. The van der Waals surface area contributed by atoms with Gasteiger partial charge >= 0.3 is 6.03 Å². The van der Waals surface area contributed by atoms with Crippen molar-refractivity contribution in [3.63, 3.8) is 0 Å². The smallest absolute Gasteiger partial charge is 0.321 e. The number of hydrogen-bond donors (Lipinski definition) is 4. The molecule has 3 N–H and O–H groups in total. The SMILES string of the molecule is CCC(=O)CCC(C(C)=O)N(C=O)C(=O)c1ccc(NC(=O)N2CCC(COc3c(Cl)cc(C(C)(C)c4ccc(OCc5ccnc(N[N+](C)(O)S)n5)cc4)cc3C#N)CC2)cc1C. The van der Waals surface area contributed by atoms with Crippen molar-refractivity contribution in [2.24, 2.45) is 5.92 Å². The fraction of sp³-hybridized carbons (Fsp3) is 0.391. The van der Waals surface area contributed by atoms with Gasteiger partial charge in [-0.25, -0.2) is 14.8 Å². The highest BCUT2D eigenvalue weighted by Crippen LogP contribution is 2.39. The molecule has 2 unspecified atom stereocenters. The number of hydrogen-bond acceptors (Lipinski definition) is 13. The summed E-state index contributed by atoms with van der Waals surface area (Å²) in [5, 5.41) is 23.2. The summed E-state index contributed by atoms with van der Waals surface area (Å²) in [5.74, 6) is 0.0960. The highest BCUT2D eigenvalue weighted by Gasteiger charge is 2.31. The molecule has 1 aliphatic rings. The average molecular weight is 915 g/mol. The molecule has 18 heteroatoms. The van der Waals surface area contributed by atoms with Crippen LogP contribution in [-0.4, -0.2) is 91.8 Å². The number of amides is 4. The second kappa shape index (κ2) is 21.5. The summed E-state index contributed by atoms with van der Waals surface area (Å²) in [6.07, 6.45) is 3.61. The molecule has 2 heterocycles. The molecule has 64 heavy (non-hydrogen) atoms. The largest absolute Gasteiger partial charge is 0.490 e. The predicted molar refractivity (Wildman–Crippen MR) is 243 cm³/mol. The number of imide groups is 1. The molecule has 5 rings (SSSR count). The van der Waals surface area contributed by atoms with Crippen LogP contribution in [0.15, 0.2) is 66.9 Å². The zero-order valence-corrected chi connectivity index (χ0v) is 38.4. The zero-order chi connectivity index (χ0) is 46.8. The van der Waals surface area contributed by atoms with E-state index < -0.39 is 27.3 Å². The lowest BCUT2D eigenvalue weighted by atomic mass is 9.77. The van der Waals surface area contributed by atoms with Crippen molar-refractivity contribution in [2.75, 3.05) is 37.5 Å². The van der Waals surface area contributed by atoms with Crippen molar-refractivity contribution < 1.29 is 42.8 Å². The minimum absolute atomic E-state index is 0.0528. The van der Waals surface area contributed by atoms with E-state index in [1.165, 1.54) is 20.0 Å². The highest BCUT2D eigenvalue weighted by atomic mass is 35.5. The molecule has 338 valence electrons. The Morgan fingerprint density at radius 2 is 1.80 bits per heavy atom. The number of piperidine rings is 1. The predicted octanol–water partition coefficient (Wildman–Crippen LogP) is 7.86. The molecule has 4 amide bonds. The molecule has 0 spiro atoms. The van der Waals surface area contributed by atoms with Crippen LogP contribution >= 0.6 is 24.4 Å². The van der Waals surface area contributed by atoms with Crippen LogP contribution in [0.5, 0.6) is 11.5 Å².